The predicted molar refractivity (Wildman–Crippen MR) is 112 cm³/mol. The zero-order chi connectivity index (χ0) is 19.9. The van der Waals surface area contributed by atoms with Gasteiger partial charge in [0.25, 0.3) is 0 Å². The number of aromatic nitrogens is 2. The molecule has 5 nitrogen and oxygen atoms in total. The van der Waals surface area contributed by atoms with Gasteiger partial charge in [0, 0.05) is 29.4 Å². The highest BCUT2D eigenvalue weighted by atomic mass is 35.5. The Morgan fingerprint density at radius 2 is 1.75 bits per heavy atom. The zero-order valence-electron chi connectivity index (χ0n) is 16.5. The monoisotopic (exact) mass is 399 g/mol. The maximum Gasteiger partial charge on any atom is 0.119 e. The molecule has 0 atom stereocenters. The molecule has 6 heteroatoms. The maximum atomic E-state index is 6.28. The molecule has 0 amide bonds. The second-order valence-corrected chi connectivity index (χ2v) is 7.01. The fraction of sp³-hybridized carbons (Fsp3) is 0.318. The van der Waals surface area contributed by atoms with Crippen LogP contribution in [0.2, 0.25) is 5.02 Å². The van der Waals surface area contributed by atoms with E-state index >= 15 is 0 Å². The Morgan fingerprint density at radius 3 is 2.46 bits per heavy atom. The highest BCUT2D eigenvalue weighted by Crippen LogP contribution is 2.20. The zero-order valence-corrected chi connectivity index (χ0v) is 17.3. The van der Waals surface area contributed by atoms with Crippen LogP contribution in [-0.2, 0) is 13.1 Å². The summed E-state index contributed by atoms with van der Waals surface area (Å²) in [7, 11) is 1.65. The van der Waals surface area contributed by atoms with Crippen LogP contribution in [0, 0.1) is 13.8 Å². The van der Waals surface area contributed by atoms with Crippen LogP contribution in [0.25, 0.3) is 0 Å². The summed E-state index contributed by atoms with van der Waals surface area (Å²) in [6, 6.07) is 15.5. The van der Waals surface area contributed by atoms with Gasteiger partial charge in [-0.15, -0.1) is 0 Å². The van der Waals surface area contributed by atoms with Crippen LogP contribution >= 0.6 is 11.6 Å². The van der Waals surface area contributed by atoms with E-state index in [1.54, 1.807) is 7.11 Å². The minimum absolute atomic E-state index is 0.595. The molecular weight excluding hydrogens is 374 g/mol. The van der Waals surface area contributed by atoms with Crippen molar-refractivity contribution in [2.45, 2.75) is 26.9 Å². The molecule has 0 unspecified atom stereocenters. The van der Waals surface area contributed by atoms with Gasteiger partial charge >= 0.3 is 0 Å². The first-order valence-corrected chi connectivity index (χ1v) is 9.70. The van der Waals surface area contributed by atoms with Crippen molar-refractivity contribution in [2.75, 3.05) is 20.3 Å². The molecule has 148 valence electrons. The molecule has 0 bridgehead atoms. The molecule has 0 aliphatic heterocycles. The Balaban J connectivity index is 1.50. The van der Waals surface area contributed by atoms with E-state index in [0.717, 1.165) is 46.6 Å². The molecule has 0 radical (unpaired) electrons. The van der Waals surface area contributed by atoms with Gasteiger partial charge in [0.05, 0.1) is 19.3 Å². The lowest BCUT2D eigenvalue weighted by atomic mass is 10.2. The molecule has 1 aromatic heterocycles. The predicted octanol–water partition coefficient (Wildman–Crippen LogP) is 4.38. The molecule has 2 aromatic carbocycles. The van der Waals surface area contributed by atoms with Gasteiger partial charge < -0.3 is 14.8 Å². The van der Waals surface area contributed by atoms with E-state index in [-0.39, 0.29) is 0 Å². The molecule has 1 heterocycles. The Labute approximate surface area is 171 Å². The maximum absolute atomic E-state index is 6.28. The summed E-state index contributed by atoms with van der Waals surface area (Å²) in [6.07, 6.45) is 0. The van der Waals surface area contributed by atoms with Crippen LogP contribution in [0.4, 0.5) is 0 Å². The van der Waals surface area contributed by atoms with Crippen molar-refractivity contribution in [3.05, 3.63) is 76.1 Å². The van der Waals surface area contributed by atoms with Crippen molar-refractivity contribution in [1.82, 2.24) is 15.1 Å². The second kappa shape index (κ2) is 9.62. The topological polar surface area (TPSA) is 48.3 Å². The smallest absolute Gasteiger partial charge is 0.119 e. The van der Waals surface area contributed by atoms with Gasteiger partial charge in [-0.1, -0.05) is 29.8 Å². The normalized spacial score (nSPS) is 10.9. The van der Waals surface area contributed by atoms with Crippen molar-refractivity contribution < 1.29 is 9.47 Å². The third-order valence-electron chi connectivity index (χ3n) is 4.72. The fourth-order valence-electron chi connectivity index (χ4n) is 3.06. The minimum Gasteiger partial charge on any atom is -0.497 e. The van der Waals surface area contributed by atoms with Gasteiger partial charge in [0.2, 0.25) is 0 Å². The van der Waals surface area contributed by atoms with Crippen LogP contribution in [-0.4, -0.2) is 30.0 Å². The number of aryl methyl sites for hydroxylation is 1. The molecule has 0 fully saturated rings. The van der Waals surface area contributed by atoms with Crippen molar-refractivity contribution in [3.63, 3.8) is 0 Å². The van der Waals surface area contributed by atoms with Gasteiger partial charge in [0.15, 0.2) is 0 Å². The van der Waals surface area contributed by atoms with Crippen molar-refractivity contribution >= 4 is 11.6 Å². The third kappa shape index (κ3) is 5.06. The lowest BCUT2D eigenvalue weighted by Gasteiger charge is -2.09. The lowest BCUT2D eigenvalue weighted by Crippen LogP contribution is -2.21. The van der Waals surface area contributed by atoms with E-state index < -0.39 is 0 Å². The van der Waals surface area contributed by atoms with Crippen molar-refractivity contribution in [1.29, 1.82) is 0 Å². The van der Waals surface area contributed by atoms with Gasteiger partial charge in [-0.2, -0.15) is 5.10 Å². The first-order valence-electron chi connectivity index (χ1n) is 9.32. The van der Waals surface area contributed by atoms with Crippen LogP contribution in [0.1, 0.15) is 22.5 Å². The van der Waals surface area contributed by atoms with E-state index in [9.17, 15) is 0 Å². The number of benzene rings is 2. The highest BCUT2D eigenvalue weighted by Gasteiger charge is 2.12. The Morgan fingerprint density at radius 1 is 1.04 bits per heavy atom. The third-order valence-corrected chi connectivity index (χ3v) is 5.09. The molecule has 28 heavy (non-hydrogen) atoms. The standard InChI is InChI=1S/C22H26ClN3O2/c1-16-21(14-24-12-13-28-20-10-8-19(27-3)9-11-20)17(2)26(25-16)15-18-6-4-5-7-22(18)23/h4-11,24H,12-15H2,1-3H3. The van der Waals surface area contributed by atoms with Gasteiger partial charge in [-0.3, -0.25) is 4.68 Å². The van der Waals surface area contributed by atoms with Gasteiger partial charge in [0.1, 0.15) is 18.1 Å². The summed E-state index contributed by atoms with van der Waals surface area (Å²) < 4.78 is 12.9. The largest absolute Gasteiger partial charge is 0.497 e. The van der Waals surface area contributed by atoms with Crippen molar-refractivity contribution in [2.24, 2.45) is 0 Å². The van der Waals surface area contributed by atoms with Crippen molar-refractivity contribution in [3.8, 4) is 11.5 Å². The van der Waals surface area contributed by atoms with Crippen LogP contribution in [0.15, 0.2) is 48.5 Å². The molecule has 0 aliphatic rings. The molecule has 0 saturated carbocycles. The fourth-order valence-corrected chi connectivity index (χ4v) is 3.25. The average molecular weight is 400 g/mol. The minimum atomic E-state index is 0.595. The number of nitrogens with zero attached hydrogens (tertiary/aromatic N) is 2. The molecule has 3 aromatic rings. The summed E-state index contributed by atoms with van der Waals surface area (Å²) in [5.41, 5.74) is 4.48. The molecule has 0 spiro atoms. The van der Waals surface area contributed by atoms with Gasteiger partial charge in [-0.05, 0) is 49.7 Å². The number of halogens is 1. The molecule has 0 aliphatic carbocycles. The lowest BCUT2D eigenvalue weighted by molar-refractivity contribution is 0.313. The average Bonchev–Trinajstić information content (AvgIpc) is 2.97. The van der Waals surface area contributed by atoms with E-state index in [1.165, 1.54) is 5.56 Å². The first-order chi connectivity index (χ1) is 13.6. The van der Waals surface area contributed by atoms with E-state index in [1.807, 2.05) is 60.1 Å². The van der Waals surface area contributed by atoms with E-state index in [0.29, 0.717) is 13.2 Å². The number of hydrogen-bond donors (Lipinski definition) is 1. The molecule has 1 N–H and O–H groups in total. The molecular formula is C22H26ClN3O2. The van der Waals surface area contributed by atoms with Crippen LogP contribution in [0.5, 0.6) is 11.5 Å². The number of methoxy groups -OCH3 is 1. The first kappa shape index (κ1) is 20.2. The quantitative estimate of drug-likeness (QED) is 0.542. The van der Waals surface area contributed by atoms with E-state index in [4.69, 9.17) is 21.1 Å². The van der Waals surface area contributed by atoms with Crippen LogP contribution < -0.4 is 14.8 Å². The Kier molecular flexibility index (Phi) is 6.95. The Hall–Kier alpha value is -2.50. The summed E-state index contributed by atoms with van der Waals surface area (Å²) >= 11 is 6.28. The molecule has 3 rings (SSSR count). The summed E-state index contributed by atoms with van der Waals surface area (Å²) in [5, 5.41) is 8.89. The van der Waals surface area contributed by atoms with Gasteiger partial charge in [-0.25, -0.2) is 0 Å². The second-order valence-electron chi connectivity index (χ2n) is 6.60. The Bertz CT molecular complexity index is 907. The summed E-state index contributed by atoms with van der Waals surface area (Å²) in [4.78, 5) is 0. The number of rotatable bonds is 9. The van der Waals surface area contributed by atoms with Crippen LogP contribution in [0.3, 0.4) is 0 Å². The molecule has 0 saturated heterocycles. The summed E-state index contributed by atoms with van der Waals surface area (Å²) in [6.45, 7) is 6.92. The SMILES string of the molecule is COc1ccc(OCCNCc2c(C)nn(Cc3ccccc3Cl)c2C)cc1. The number of nitrogens with one attached hydrogen (secondary N) is 1. The summed E-state index contributed by atoms with van der Waals surface area (Å²) in [5.74, 6) is 1.66. The number of ether oxygens (including phenoxy) is 2. The van der Waals surface area contributed by atoms with E-state index in [2.05, 4.69) is 17.3 Å². The highest BCUT2D eigenvalue weighted by molar-refractivity contribution is 6.31. The number of hydrogen-bond acceptors (Lipinski definition) is 4.